The van der Waals surface area contributed by atoms with E-state index in [4.69, 9.17) is 0 Å². The highest BCUT2D eigenvalue weighted by molar-refractivity contribution is 5.85. The van der Waals surface area contributed by atoms with E-state index in [0.29, 0.717) is 0 Å². The lowest BCUT2D eigenvalue weighted by atomic mass is 9.42. The molecule has 3 aliphatic rings. The van der Waals surface area contributed by atoms with Crippen LogP contribution in [0.25, 0.3) is 22.3 Å². The first-order valence-corrected chi connectivity index (χ1v) is 13.4. The molecule has 2 N–H and O–H groups in total. The molecule has 4 aromatic rings. The van der Waals surface area contributed by atoms with Gasteiger partial charge in [0, 0.05) is 5.41 Å². The Kier molecular flexibility index (Phi) is 4.83. The van der Waals surface area contributed by atoms with Crippen molar-refractivity contribution >= 4 is 0 Å². The maximum Gasteiger partial charge on any atom is 0.0575 e. The topological polar surface area (TPSA) is 40.5 Å². The van der Waals surface area contributed by atoms with Gasteiger partial charge in [-0.15, -0.1) is 0 Å². The van der Waals surface area contributed by atoms with Gasteiger partial charge < -0.3 is 10.2 Å². The van der Waals surface area contributed by atoms with Gasteiger partial charge in [-0.25, -0.2) is 0 Å². The van der Waals surface area contributed by atoms with Crippen molar-refractivity contribution in [2.75, 3.05) is 13.2 Å². The number of rotatable bonds is 4. The van der Waals surface area contributed by atoms with Crippen LogP contribution in [0.1, 0.15) is 54.4 Å². The van der Waals surface area contributed by atoms with E-state index in [2.05, 4.69) is 97.1 Å². The van der Waals surface area contributed by atoms with E-state index in [9.17, 15) is 10.2 Å². The molecule has 0 amide bonds. The van der Waals surface area contributed by atoms with Crippen molar-refractivity contribution in [3.05, 3.63) is 119 Å². The first-order valence-electron chi connectivity index (χ1n) is 13.4. The van der Waals surface area contributed by atoms with Gasteiger partial charge in [0.2, 0.25) is 0 Å². The van der Waals surface area contributed by atoms with Crippen molar-refractivity contribution in [2.24, 2.45) is 5.41 Å². The van der Waals surface area contributed by atoms with Gasteiger partial charge in [-0.2, -0.15) is 0 Å². The Bertz CT molecular complexity index is 1260. The number of hydrogen-bond acceptors (Lipinski definition) is 2. The van der Waals surface area contributed by atoms with E-state index in [-0.39, 0.29) is 13.2 Å². The second kappa shape index (κ2) is 7.90. The summed E-state index contributed by atoms with van der Waals surface area (Å²) >= 11 is 0. The van der Waals surface area contributed by atoms with E-state index in [0.717, 1.165) is 25.7 Å². The Labute approximate surface area is 213 Å². The summed E-state index contributed by atoms with van der Waals surface area (Å²) in [5.41, 5.74) is 8.11. The molecule has 0 aliphatic heterocycles. The SMILES string of the molecule is OCC1(C2(C3(CO)c4ccccc4-c4ccccc43)CCCCC2)c2ccccc2-c2ccccc21. The third kappa shape index (κ3) is 2.40. The molecule has 0 heterocycles. The second-order valence-electron chi connectivity index (χ2n) is 11.0. The van der Waals surface area contributed by atoms with Crippen LogP contribution in [0, 0.1) is 5.41 Å². The Morgan fingerprint density at radius 2 is 0.750 bits per heavy atom. The molecule has 2 heteroatoms. The minimum atomic E-state index is -0.617. The molecule has 2 nitrogen and oxygen atoms in total. The maximum atomic E-state index is 11.7. The Hall–Kier alpha value is -3.20. The monoisotopic (exact) mass is 472 g/mol. The number of aliphatic hydroxyl groups excluding tert-OH is 2. The van der Waals surface area contributed by atoms with Crippen LogP contribution in [0.2, 0.25) is 0 Å². The van der Waals surface area contributed by atoms with Gasteiger partial charge in [0.1, 0.15) is 0 Å². The average molecular weight is 473 g/mol. The predicted molar refractivity (Wildman–Crippen MR) is 145 cm³/mol. The largest absolute Gasteiger partial charge is 0.395 e. The number of benzene rings is 4. The summed E-state index contributed by atoms with van der Waals surface area (Å²) in [6.07, 6.45) is 5.30. The van der Waals surface area contributed by atoms with Crippen LogP contribution in [0.4, 0.5) is 0 Å². The predicted octanol–water partition coefficient (Wildman–Crippen LogP) is 6.85. The molecular formula is C34H32O2. The third-order valence-corrected chi connectivity index (χ3v) is 9.94. The van der Waals surface area contributed by atoms with E-state index >= 15 is 0 Å². The minimum Gasteiger partial charge on any atom is -0.395 e. The zero-order valence-corrected chi connectivity index (χ0v) is 20.6. The van der Waals surface area contributed by atoms with Crippen molar-refractivity contribution in [2.45, 2.75) is 42.9 Å². The van der Waals surface area contributed by atoms with Crippen molar-refractivity contribution < 1.29 is 10.2 Å². The van der Waals surface area contributed by atoms with Gasteiger partial charge in [0.05, 0.1) is 24.0 Å². The normalized spacial score (nSPS) is 19.7. The summed E-state index contributed by atoms with van der Waals surface area (Å²) in [4.78, 5) is 0. The summed E-state index contributed by atoms with van der Waals surface area (Å²) in [6, 6.07) is 34.7. The molecule has 0 bridgehead atoms. The fourth-order valence-corrected chi connectivity index (χ4v) is 8.70. The van der Waals surface area contributed by atoms with E-state index in [1.165, 1.54) is 50.9 Å². The number of aliphatic hydroxyl groups is 2. The first kappa shape index (κ1) is 22.0. The Morgan fingerprint density at radius 3 is 1.06 bits per heavy atom. The quantitative estimate of drug-likeness (QED) is 0.341. The van der Waals surface area contributed by atoms with Crippen LogP contribution in [0.3, 0.4) is 0 Å². The molecule has 3 aliphatic carbocycles. The summed E-state index contributed by atoms with van der Waals surface area (Å²) in [7, 11) is 0. The van der Waals surface area contributed by atoms with E-state index in [1.807, 2.05) is 0 Å². The Balaban J connectivity index is 1.65. The molecule has 180 valence electrons. The molecule has 0 spiro atoms. The Morgan fingerprint density at radius 1 is 0.444 bits per heavy atom. The molecular weight excluding hydrogens is 440 g/mol. The molecule has 0 aromatic heterocycles. The highest BCUT2D eigenvalue weighted by Gasteiger charge is 2.68. The van der Waals surface area contributed by atoms with Gasteiger partial charge in [-0.05, 0) is 57.3 Å². The van der Waals surface area contributed by atoms with Crippen molar-refractivity contribution in [3.63, 3.8) is 0 Å². The van der Waals surface area contributed by atoms with E-state index < -0.39 is 16.2 Å². The van der Waals surface area contributed by atoms with Crippen molar-refractivity contribution in [3.8, 4) is 22.3 Å². The molecule has 0 saturated heterocycles. The first-order chi connectivity index (χ1) is 17.7. The van der Waals surface area contributed by atoms with Crippen LogP contribution in [-0.4, -0.2) is 23.4 Å². The summed E-state index contributed by atoms with van der Waals surface area (Å²) in [6.45, 7) is 0.0419. The van der Waals surface area contributed by atoms with Gasteiger partial charge in [-0.3, -0.25) is 0 Å². The van der Waals surface area contributed by atoms with Crippen LogP contribution < -0.4 is 0 Å². The second-order valence-corrected chi connectivity index (χ2v) is 11.0. The molecule has 4 aromatic carbocycles. The van der Waals surface area contributed by atoms with E-state index in [1.54, 1.807) is 0 Å². The summed E-state index contributed by atoms with van der Waals surface area (Å²) < 4.78 is 0. The smallest absolute Gasteiger partial charge is 0.0575 e. The number of fused-ring (bicyclic) bond motifs is 6. The molecule has 1 saturated carbocycles. The van der Waals surface area contributed by atoms with Crippen molar-refractivity contribution in [1.82, 2.24) is 0 Å². The van der Waals surface area contributed by atoms with Crippen LogP contribution >= 0.6 is 0 Å². The maximum absolute atomic E-state index is 11.7. The lowest BCUT2D eigenvalue weighted by Crippen LogP contribution is -2.62. The minimum absolute atomic E-state index is 0.0209. The zero-order chi connectivity index (χ0) is 24.4. The molecule has 0 unspecified atom stereocenters. The van der Waals surface area contributed by atoms with Gasteiger partial charge in [0.25, 0.3) is 0 Å². The third-order valence-electron chi connectivity index (χ3n) is 9.94. The van der Waals surface area contributed by atoms with Gasteiger partial charge >= 0.3 is 0 Å². The molecule has 7 rings (SSSR count). The molecule has 0 radical (unpaired) electrons. The fourth-order valence-electron chi connectivity index (χ4n) is 8.70. The molecule has 0 atom stereocenters. The van der Waals surface area contributed by atoms with Gasteiger partial charge in [0.15, 0.2) is 0 Å². The number of hydrogen-bond donors (Lipinski definition) is 2. The van der Waals surface area contributed by atoms with Crippen LogP contribution in [0.5, 0.6) is 0 Å². The highest BCUT2D eigenvalue weighted by atomic mass is 16.3. The standard InChI is InChI=1S/C34H32O2/c35-22-33(28-16-6-2-12-24(28)25-13-3-7-17-29(25)33)32(20-10-1-11-21-32)34(23-36)30-18-8-4-14-26(30)27-15-5-9-19-31(27)34/h2-9,12-19,35-36H,1,10-11,20-23H2. The molecule has 36 heavy (non-hydrogen) atoms. The average Bonchev–Trinajstić information content (AvgIpc) is 3.42. The molecule has 1 fully saturated rings. The fraction of sp³-hybridized carbons (Fsp3) is 0.294. The lowest BCUT2D eigenvalue weighted by molar-refractivity contribution is -0.0361. The van der Waals surface area contributed by atoms with Gasteiger partial charge in [-0.1, -0.05) is 116 Å². The summed E-state index contributed by atoms with van der Waals surface area (Å²) in [5, 5.41) is 23.4. The van der Waals surface area contributed by atoms with Crippen LogP contribution in [-0.2, 0) is 10.8 Å². The lowest BCUT2D eigenvalue weighted by Gasteiger charge is -2.61. The zero-order valence-electron chi connectivity index (χ0n) is 20.6. The highest BCUT2D eigenvalue weighted by Crippen LogP contribution is 2.71. The van der Waals surface area contributed by atoms with Crippen LogP contribution in [0.15, 0.2) is 97.1 Å². The summed E-state index contributed by atoms with van der Waals surface area (Å²) in [5.74, 6) is 0. The van der Waals surface area contributed by atoms with Crippen molar-refractivity contribution in [1.29, 1.82) is 0 Å².